The molecule has 0 bridgehead atoms. The minimum atomic E-state index is -0.667. The van der Waals surface area contributed by atoms with Gasteiger partial charge in [-0.3, -0.25) is 9.59 Å². The molecule has 0 aliphatic carbocycles. The molecule has 5 heteroatoms. The van der Waals surface area contributed by atoms with Crippen LogP contribution in [0.4, 0.5) is 0 Å². The first-order valence-electron chi connectivity index (χ1n) is 12.2. The van der Waals surface area contributed by atoms with Crippen LogP contribution >= 0.6 is 0 Å². The van der Waals surface area contributed by atoms with Gasteiger partial charge < -0.3 is 15.0 Å². The Balaban J connectivity index is 1.92. The van der Waals surface area contributed by atoms with Crippen molar-refractivity contribution in [1.82, 2.24) is 10.2 Å². The number of carbonyl (C=O) groups is 2. The van der Waals surface area contributed by atoms with Gasteiger partial charge in [0.2, 0.25) is 5.91 Å². The second-order valence-corrected chi connectivity index (χ2v) is 9.09. The standard InChI is InChI=1S/C30H36N2O3/c1-5-24(4)31-30(34)27(19-25-14-7-6-8-15-25)32(20-26-16-11-12-22(2)18-26)29(33)21-35-28-17-10-9-13-23(28)3/h6-18,24,27H,5,19-21H2,1-4H3,(H,31,34). The molecule has 0 fully saturated rings. The second kappa shape index (κ2) is 12.7. The first kappa shape index (κ1) is 26.0. The third-order valence-corrected chi connectivity index (χ3v) is 6.15. The lowest BCUT2D eigenvalue weighted by atomic mass is 10.0. The summed E-state index contributed by atoms with van der Waals surface area (Å²) >= 11 is 0. The molecule has 5 nitrogen and oxygen atoms in total. The predicted molar refractivity (Wildman–Crippen MR) is 140 cm³/mol. The number of hydrogen-bond acceptors (Lipinski definition) is 3. The summed E-state index contributed by atoms with van der Waals surface area (Å²) in [5, 5.41) is 3.09. The maximum Gasteiger partial charge on any atom is 0.261 e. The Kier molecular flexibility index (Phi) is 9.47. The molecule has 0 saturated heterocycles. The molecular formula is C30H36N2O3. The maximum absolute atomic E-state index is 13.6. The highest BCUT2D eigenvalue weighted by molar-refractivity contribution is 5.88. The van der Waals surface area contributed by atoms with Crippen molar-refractivity contribution in [3.05, 3.63) is 101 Å². The summed E-state index contributed by atoms with van der Waals surface area (Å²) in [6, 6.07) is 24.8. The highest BCUT2D eigenvalue weighted by Crippen LogP contribution is 2.19. The number of aryl methyl sites for hydroxylation is 2. The van der Waals surface area contributed by atoms with Gasteiger partial charge in [0.05, 0.1) is 0 Å². The van der Waals surface area contributed by atoms with E-state index in [1.165, 1.54) is 0 Å². The Labute approximate surface area is 209 Å². The van der Waals surface area contributed by atoms with Gasteiger partial charge in [-0.1, -0.05) is 85.3 Å². The zero-order valence-corrected chi connectivity index (χ0v) is 21.2. The van der Waals surface area contributed by atoms with Crippen molar-refractivity contribution in [2.45, 2.75) is 59.2 Å². The molecule has 35 heavy (non-hydrogen) atoms. The Hall–Kier alpha value is -3.60. The molecule has 0 heterocycles. The van der Waals surface area contributed by atoms with Crippen molar-refractivity contribution >= 4 is 11.8 Å². The molecule has 0 aliphatic heterocycles. The number of nitrogens with one attached hydrogen (secondary N) is 1. The van der Waals surface area contributed by atoms with Crippen molar-refractivity contribution in [3.8, 4) is 5.75 Å². The molecule has 0 spiro atoms. The molecule has 3 rings (SSSR count). The quantitative estimate of drug-likeness (QED) is 0.415. The molecule has 0 radical (unpaired) electrons. The number of para-hydroxylation sites is 1. The topological polar surface area (TPSA) is 58.6 Å². The zero-order valence-electron chi connectivity index (χ0n) is 21.2. The molecule has 3 aromatic carbocycles. The van der Waals surface area contributed by atoms with E-state index in [0.29, 0.717) is 18.7 Å². The monoisotopic (exact) mass is 472 g/mol. The first-order valence-corrected chi connectivity index (χ1v) is 12.2. The SMILES string of the molecule is CCC(C)NC(=O)C(Cc1ccccc1)N(Cc1cccc(C)c1)C(=O)COc1ccccc1C. The number of benzene rings is 3. The molecular weight excluding hydrogens is 436 g/mol. The van der Waals surface area contributed by atoms with E-state index in [1.807, 2.05) is 100 Å². The predicted octanol–water partition coefficient (Wildman–Crippen LogP) is 5.24. The van der Waals surface area contributed by atoms with E-state index >= 15 is 0 Å². The molecule has 3 aromatic rings. The lowest BCUT2D eigenvalue weighted by Gasteiger charge is -2.32. The molecule has 1 N–H and O–H groups in total. The Morgan fingerprint density at radius 3 is 2.29 bits per heavy atom. The zero-order chi connectivity index (χ0) is 25.2. The fraction of sp³-hybridized carbons (Fsp3) is 0.333. The lowest BCUT2D eigenvalue weighted by Crippen LogP contribution is -2.53. The average Bonchev–Trinajstić information content (AvgIpc) is 2.86. The van der Waals surface area contributed by atoms with E-state index in [2.05, 4.69) is 11.4 Å². The minimum absolute atomic E-state index is 0.0138. The van der Waals surface area contributed by atoms with Crippen LogP contribution in [-0.4, -0.2) is 35.4 Å². The number of ether oxygens (including phenoxy) is 1. The van der Waals surface area contributed by atoms with Gasteiger partial charge in [-0.15, -0.1) is 0 Å². The second-order valence-electron chi connectivity index (χ2n) is 9.09. The van der Waals surface area contributed by atoms with Crippen molar-refractivity contribution in [3.63, 3.8) is 0 Å². The van der Waals surface area contributed by atoms with E-state index in [4.69, 9.17) is 4.74 Å². The minimum Gasteiger partial charge on any atom is -0.484 e. The van der Waals surface area contributed by atoms with Gasteiger partial charge in [-0.2, -0.15) is 0 Å². The van der Waals surface area contributed by atoms with E-state index in [-0.39, 0.29) is 24.5 Å². The molecule has 2 amide bonds. The lowest BCUT2D eigenvalue weighted by molar-refractivity contribution is -0.143. The van der Waals surface area contributed by atoms with Crippen LogP contribution in [0.1, 0.15) is 42.5 Å². The van der Waals surface area contributed by atoms with Crippen LogP contribution in [-0.2, 0) is 22.6 Å². The van der Waals surface area contributed by atoms with Gasteiger partial charge >= 0.3 is 0 Å². The molecule has 184 valence electrons. The Morgan fingerprint density at radius 2 is 1.60 bits per heavy atom. The molecule has 0 aliphatic rings. The molecule has 0 saturated carbocycles. The van der Waals surface area contributed by atoms with Crippen LogP contribution in [0.15, 0.2) is 78.9 Å². The number of hydrogen-bond donors (Lipinski definition) is 1. The van der Waals surface area contributed by atoms with Gasteiger partial charge in [0.15, 0.2) is 6.61 Å². The van der Waals surface area contributed by atoms with Crippen LogP contribution in [0, 0.1) is 13.8 Å². The molecule has 2 atom stereocenters. The summed E-state index contributed by atoms with van der Waals surface area (Å²) in [4.78, 5) is 28.8. The van der Waals surface area contributed by atoms with Crippen LogP contribution < -0.4 is 10.1 Å². The van der Waals surface area contributed by atoms with E-state index in [1.54, 1.807) is 4.90 Å². The Morgan fingerprint density at radius 1 is 0.914 bits per heavy atom. The van der Waals surface area contributed by atoms with Gasteiger partial charge in [0, 0.05) is 19.0 Å². The Bertz CT molecular complexity index is 1110. The van der Waals surface area contributed by atoms with Gasteiger partial charge in [0.1, 0.15) is 11.8 Å². The van der Waals surface area contributed by atoms with E-state index in [0.717, 1.165) is 28.7 Å². The number of carbonyl (C=O) groups excluding carboxylic acids is 2. The van der Waals surface area contributed by atoms with Gasteiger partial charge in [0.25, 0.3) is 5.91 Å². The van der Waals surface area contributed by atoms with Gasteiger partial charge in [-0.25, -0.2) is 0 Å². The van der Waals surface area contributed by atoms with Crippen molar-refractivity contribution in [2.75, 3.05) is 6.61 Å². The number of rotatable bonds is 11. The molecule has 0 aromatic heterocycles. The smallest absolute Gasteiger partial charge is 0.261 e. The largest absolute Gasteiger partial charge is 0.484 e. The average molecular weight is 473 g/mol. The first-order chi connectivity index (χ1) is 16.9. The summed E-state index contributed by atoms with van der Waals surface area (Å²) in [7, 11) is 0. The van der Waals surface area contributed by atoms with E-state index in [9.17, 15) is 9.59 Å². The van der Waals surface area contributed by atoms with Crippen LogP contribution in [0.25, 0.3) is 0 Å². The maximum atomic E-state index is 13.6. The van der Waals surface area contributed by atoms with Crippen molar-refractivity contribution < 1.29 is 14.3 Å². The van der Waals surface area contributed by atoms with Gasteiger partial charge in [-0.05, 0) is 49.9 Å². The summed E-state index contributed by atoms with van der Waals surface area (Å²) in [5.41, 5.74) is 4.04. The fourth-order valence-corrected chi connectivity index (χ4v) is 3.94. The number of amides is 2. The summed E-state index contributed by atoms with van der Waals surface area (Å²) in [5.74, 6) is 0.287. The van der Waals surface area contributed by atoms with Crippen LogP contribution in [0.2, 0.25) is 0 Å². The summed E-state index contributed by atoms with van der Waals surface area (Å²) in [6.45, 7) is 8.16. The van der Waals surface area contributed by atoms with Crippen molar-refractivity contribution in [1.29, 1.82) is 0 Å². The summed E-state index contributed by atoms with van der Waals surface area (Å²) < 4.78 is 5.90. The van der Waals surface area contributed by atoms with E-state index < -0.39 is 6.04 Å². The normalized spacial score (nSPS) is 12.5. The van der Waals surface area contributed by atoms with Crippen molar-refractivity contribution in [2.24, 2.45) is 0 Å². The highest BCUT2D eigenvalue weighted by Gasteiger charge is 2.31. The molecule has 2 unspecified atom stereocenters. The fourth-order valence-electron chi connectivity index (χ4n) is 3.94. The van der Waals surface area contributed by atoms with Crippen LogP contribution in [0.5, 0.6) is 5.75 Å². The highest BCUT2D eigenvalue weighted by atomic mass is 16.5. The third kappa shape index (κ3) is 7.71. The third-order valence-electron chi connectivity index (χ3n) is 6.15. The number of nitrogens with zero attached hydrogens (tertiary/aromatic N) is 1. The van der Waals surface area contributed by atoms with Crippen LogP contribution in [0.3, 0.4) is 0 Å². The summed E-state index contributed by atoms with van der Waals surface area (Å²) in [6.07, 6.45) is 1.23.